The summed E-state index contributed by atoms with van der Waals surface area (Å²) in [4.78, 5) is 0. The summed E-state index contributed by atoms with van der Waals surface area (Å²) in [6.45, 7) is 2.29. The molecule has 2 rings (SSSR count). The van der Waals surface area contributed by atoms with E-state index < -0.39 is 0 Å². The van der Waals surface area contributed by atoms with Crippen LogP contribution in [-0.4, -0.2) is 0 Å². The molecule has 1 aliphatic rings. The van der Waals surface area contributed by atoms with Crippen LogP contribution in [0.4, 0.5) is 5.69 Å². The highest BCUT2D eigenvalue weighted by molar-refractivity contribution is 5.52. The van der Waals surface area contributed by atoms with Crippen molar-refractivity contribution in [2.75, 3.05) is 5.73 Å². The van der Waals surface area contributed by atoms with Crippen molar-refractivity contribution in [2.45, 2.75) is 32.1 Å². The molecule has 1 nitrogen and oxygen atoms in total. The summed E-state index contributed by atoms with van der Waals surface area (Å²) < 4.78 is 0. The van der Waals surface area contributed by atoms with Gasteiger partial charge in [0.1, 0.15) is 0 Å². The molecule has 0 bridgehead atoms. The number of hydrogen-bond donors (Lipinski definition) is 1. The quantitative estimate of drug-likeness (QED) is 0.582. The van der Waals surface area contributed by atoms with E-state index in [0.29, 0.717) is 5.92 Å². The molecule has 12 heavy (non-hydrogen) atoms. The summed E-state index contributed by atoms with van der Waals surface area (Å²) in [5.74, 6) is 0.706. The molecular formula is C11H15N. The molecule has 2 N–H and O–H groups in total. The van der Waals surface area contributed by atoms with Gasteiger partial charge in [-0.3, -0.25) is 0 Å². The summed E-state index contributed by atoms with van der Waals surface area (Å²) in [6.07, 6.45) is 3.78. The van der Waals surface area contributed by atoms with Crippen LogP contribution in [0.5, 0.6) is 0 Å². The fraction of sp³-hybridized carbons (Fsp3) is 0.455. The fourth-order valence-electron chi connectivity index (χ4n) is 2.11. The molecule has 1 heteroatoms. The van der Waals surface area contributed by atoms with Gasteiger partial charge in [0.25, 0.3) is 0 Å². The molecule has 1 aliphatic carbocycles. The average molecular weight is 161 g/mol. The summed E-state index contributed by atoms with van der Waals surface area (Å²) in [6, 6.07) is 6.29. The van der Waals surface area contributed by atoms with Crippen molar-refractivity contribution in [2.24, 2.45) is 0 Å². The number of anilines is 1. The van der Waals surface area contributed by atoms with Gasteiger partial charge in [0.05, 0.1) is 0 Å². The van der Waals surface area contributed by atoms with E-state index in [-0.39, 0.29) is 0 Å². The lowest BCUT2D eigenvalue weighted by atomic mass is 9.83. The second-order valence-electron chi connectivity index (χ2n) is 3.71. The summed E-state index contributed by atoms with van der Waals surface area (Å²) in [5.41, 5.74) is 9.76. The minimum Gasteiger partial charge on any atom is -0.398 e. The lowest BCUT2D eigenvalue weighted by molar-refractivity contribution is 0.591. The van der Waals surface area contributed by atoms with Gasteiger partial charge in [-0.1, -0.05) is 19.1 Å². The minimum atomic E-state index is 0.706. The average Bonchev–Trinajstić information content (AvgIpc) is 2.07. The molecule has 0 amide bonds. The Bertz CT molecular complexity index is 291. The molecule has 1 aromatic carbocycles. The zero-order valence-corrected chi connectivity index (χ0v) is 7.51. The van der Waals surface area contributed by atoms with Crippen LogP contribution in [0.3, 0.4) is 0 Å². The van der Waals surface area contributed by atoms with Crippen LogP contribution in [0, 0.1) is 0 Å². The van der Waals surface area contributed by atoms with E-state index in [1.54, 1.807) is 0 Å². The Morgan fingerprint density at radius 1 is 1.42 bits per heavy atom. The minimum absolute atomic E-state index is 0.706. The first-order chi connectivity index (χ1) is 5.79. The second-order valence-corrected chi connectivity index (χ2v) is 3.71. The van der Waals surface area contributed by atoms with Crippen LogP contribution in [0.15, 0.2) is 18.2 Å². The van der Waals surface area contributed by atoms with Crippen molar-refractivity contribution in [1.29, 1.82) is 0 Å². The van der Waals surface area contributed by atoms with Gasteiger partial charge in [0.15, 0.2) is 0 Å². The Morgan fingerprint density at radius 2 is 2.25 bits per heavy atom. The lowest BCUT2D eigenvalue weighted by Crippen LogP contribution is -2.09. The van der Waals surface area contributed by atoms with Gasteiger partial charge in [0, 0.05) is 5.69 Å². The number of benzene rings is 1. The SMILES string of the molecule is CC1CCCc2c(N)cccc21. The third-order valence-electron chi connectivity index (χ3n) is 2.84. The monoisotopic (exact) mass is 161 g/mol. The molecule has 0 aromatic heterocycles. The number of hydrogen-bond acceptors (Lipinski definition) is 1. The number of rotatable bonds is 0. The maximum Gasteiger partial charge on any atom is 0.0349 e. The number of nitrogens with two attached hydrogens (primary N) is 1. The molecule has 0 aliphatic heterocycles. The van der Waals surface area contributed by atoms with Crippen molar-refractivity contribution < 1.29 is 0 Å². The van der Waals surface area contributed by atoms with Crippen molar-refractivity contribution in [3.63, 3.8) is 0 Å². The fourth-order valence-corrected chi connectivity index (χ4v) is 2.11. The molecule has 1 unspecified atom stereocenters. The van der Waals surface area contributed by atoms with E-state index in [4.69, 9.17) is 5.73 Å². The van der Waals surface area contributed by atoms with E-state index >= 15 is 0 Å². The Hall–Kier alpha value is -0.980. The predicted molar refractivity (Wildman–Crippen MR) is 52.2 cm³/mol. The first-order valence-electron chi connectivity index (χ1n) is 4.66. The zero-order valence-electron chi connectivity index (χ0n) is 7.51. The van der Waals surface area contributed by atoms with Crippen molar-refractivity contribution in [3.8, 4) is 0 Å². The van der Waals surface area contributed by atoms with Crippen molar-refractivity contribution in [3.05, 3.63) is 29.3 Å². The first-order valence-corrected chi connectivity index (χ1v) is 4.66. The van der Waals surface area contributed by atoms with Gasteiger partial charge >= 0.3 is 0 Å². The van der Waals surface area contributed by atoms with E-state index in [0.717, 1.165) is 5.69 Å². The number of fused-ring (bicyclic) bond motifs is 1. The Kier molecular flexibility index (Phi) is 1.80. The van der Waals surface area contributed by atoms with Gasteiger partial charge in [-0.2, -0.15) is 0 Å². The van der Waals surface area contributed by atoms with E-state index in [9.17, 15) is 0 Å². The van der Waals surface area contributed by atoms with E-state index in [1.807, 2.05) is 6.07 Å². The molecule has 0 saturated heterocycles. The van der Waals surface area contributed by atoms with Crippen LogP contribution < -0.4 is 5.73 Å². The third-order valence-corrected chi connectivity index (χ3v) is 2.84. The highest BCUT2D eigenvalue weighted by Gasteiger charge is 2.17. The number of nitrogen functional groups attached to an aromatic ring is 1. The smallest absolute Gasteiger partial charge is 0.0349 e. The first kappa shape index (κ1) is 7.66. The normalized spacial score (nSPS) is 21.9. The Morgan fingerprint density at radius 3 is 3.00 bits per heavy atom. The van der Waals surface area contributed by atoms with Crippen LogP contribution >= 0.6 is 0 Å². The molecule has 0 radical (unpaired) electrons. The van der Waals surface area contributed by atoms with E-state index in [2.05, 4.69) is 19.1 Å². The van der Waals surface area contributed by atoms with Crippen molar-refractivity contribution in [1.82, 2.24) is 0 Å². The van der Waals surface area contributed by atoms with Gasteiger partial charge < -0.3 is 5.73 Å². The van der Waals surface area contributed by atoms with Crippen LogP contribution in [0.2, 0.25) is 0 Å². The maximum atomic E-state index is 5.90. The van der Waals surface area contributed by atoms with Gasteiger partial charge in [-0.25, -0.2) is 0 Å². The molecule has 1 aromatic rings. The molecular weight excluding hydrogens is 146 g/mol. The Balaban J connectivity index is 2.52. The van der Waals surface area contributed by atoms with Crippen molar-refractivity contribution >= 4 is 5.69 Å². The van der Waals surface area contributed by atoms with Gasteiger partial charge in [-0.05, 0) is 42.4 Å². The van der Waals surface area contributed by atoms with E-state index in [1.165, 1.54) is 30.4 Å². The topological polar surface area (TPSA) is 26.0 Å². The summed E-state index contributed by atoms with van der Waals surface area (Å²) >= 11 is 0. The standard InChI is InChI=1S/C11H15N/c1-8-4-2-6-10-9(8)5-3-7-11(10)12/h3,5,7-8H,2,4,6,12H2,1H3. The molecule has 0 spiro atoms. The molecule has 0 saturated carbocycles. The molecule has 0 heterocycles. The predicted octanol–water partition coefficient (Wildman–Crippen LogP) is 2.71. The molecule has 1 atom stereocenters. The largest absolute Gasteiger partial charge is 0.398 e. The highest BCUT2D eigenvalue weighted by atomic mass is 14.6. The van der Waals surface area contributed by atoms with Gasteiger partial charge in [0.2, 0.25) is 0 Å². The summed E-state index contributed by atoms with van der Waals surface area (Å²) in [7, 11) is 0. The van der Waals surface area contributed by atoms with Gasteiger partial charge in [-0.15, -0.1) is 0 Å². The van der Waals surface area contributed by atoms with Crippen LogP contribution in [-0.2, 0) is 6.42 Å². The Labute approximate surface area is 73.6 Å². The maximum absolute atomic E-state index is 5.90. The van der Waals surface area contributed by atoms with Crippen LogP contribution in [0.25, 0.3) is 0 Å². The summed E-state index contributed by atoms with van der Waals surface area (Å²) in [5, 5.41) is 0. The van der Waals surface area contributed by atoms with Crippen LogP contribution in [0.1, 0.15) is 36.8 Å². The molecule has 64 valence electrons. The highest BCUT2D eigenvalue weighted by Crippen LogP contribution is 2.33. The third kappa shape index (κ3) is 1.09. The lowest BCUT2D eigenvalue weighted by Gasteiger charge is -2.23. The molecule has 0 fully saturated rings. The zero-order chi connectivity index (χ0) is 8.55. The second kappa shape index (κ2) is 2.81.